The van der Waals surface area contributed by atoms with Gasteiger partial charge in [0.05, 0.1) is 16.9 Å². The van der Waals surface area contributed by atoms with E-state index < -0.39 is 34.0 Å². The van der Waals surface area contributed by atoms with E-state index in [1.54, 1.807) is 36.0 Å². The lowest BCUT2D eigenvalue weighted by Crippen LogP contribution is -2.39. The lowest BCUT2D eigenvalue weighted by molar-refractivity contribution is -0.142. The summed E-state index contributed by atoms with van der Waals surface area (Å²) in [6.07, 6.45) is 4.95. The molecule has 0 spiro atoms. The normalized spacial score (nSPS) is 23.3. The van der Waals surface area contributed by atoms with Crippen LogP contribution >= 0.6 is 27.7 Å². The summed E-state index contributed by atoms with van der Waals surface area (Å²) in [5.41, 5.74) is 1.68. The predicted octanol–water partition coefficient (Wildman–Crippen LogP) is 6.66. The Balaban J connectivity index is 2.08. The summed E-state index contributed by atoms with van der Waals surface area (Å²) >= 11 is 5.06. The highest BCUT2D eigenvalue weighted by Crippen LogP contribution is 2.50. The Labute approximate surface area is 216 Å². The van der Waals surface area contributed by atoms with Crippen molar-refractivity contribution >= 4 is 43.7 Å². The summed E-state index contributed by atoms with van der Waals surface area (Å²) in [6.45, 7) is 6.03. The maximum atomic E-state index is 14.0. The Bertz CT molecular complexity index is 1060. The Morgan fingerprint density at radius 1 is 1.03 bits per heavy atom. The number of carboxylic acid groups (broad SMARTS) is 1. The van der Waals surface area contributed by atoms with E-state index in [9.17, 15) is 18.3 Å². The van der Waals surface area contributed by atoms with E-state index in [0.717, 1.165) is 41.5 Å². The molecule has 2 aromatic rings. The van der Waals surface area contributed by atoms with Gasteiger partial charge in [-0.2, -0.15) is 16.1 Å². The van der Waals surface area contributed by atoms with Gasteiger partial charge >= 0.3 is 5.97 Å². The number of nitrogens with zero attached hydrogens (tertiary/aromatic N) is 1. The number of unbranched alkanes of at least 4 members (excludes halogenated alkanes) is 3. The zero-order chi connectivity index (χ0) is 24.9. The topological polar surface area (TPSA) is 74.7 Å². The molecule has 4 atom stereocenters. The first-order valence-electron chi connectivity index (χ1n) is 11.9. The summed E-state index contributed by atoms with van der Waals surface area (Å²) in [5, 5.41) is 10.0. The lowest BCUT2D eigenvalue weighted by atomic mass is 9.93. The maximum Gasteiger partial charge on any atom is 0.309 e. The first-order valence-corrected chi connectivity index (χ1v) is 15.2. The second-order valence-electron chi connectivity index (χ2n) is 8.88. The molecule has 0 unspecified atom stereocenters. The zero-order valence-electron chi connectivity index (χ0n) is 20.0. The number of aryl methyl sites for hydroxylation is 1. The minimum Gasteiger partial charge on any atom is -0.481 e. The molecule has 186 valence electrons. The average Bonchev–Trinajstić information content (AvgIpc) is 3.15. The number of hydrogen-bond donors (Lipinski definition) is 1. The van der Waals surface area contributed by atoms with Crippen LogP contribution in [0.15, 0.2) is 57.9 Å². The molecule has 0 saturated carbocycles. The standard InChI is InChI=1S/C26H34BrNO4S2/c1-4-6-7-8-17-33-25-22(5-2)28(34(31,32)21-15-9-18(3)10-16-21)24(23(25)26(29)30)19-11-13-20(27)14-12-19/h9-16,22-25H,4-8,17H2,1-3H3,(H,29,30)/t22-,23+,24+,25-/m1/s1. The van der Waals surface area contributed by atoms with Crippen LogP contribution in [0, 0.1) is 12.8 Å². The molecule has 0 bridgehead atoms. The molecular formula is C26H34BrNO4S2. The number of thioether (sulfide) groups is 1. The number of rotatable bonds is 11. The predicted molar refractivity (Wildman–Crippen MR) is 143 cm³/mol. The van der Waals surface area contributed by atoms with E-state index in [4.69, 9.17) is 0 Å². The minimum absolute atomic E-state index is 0.205. The second kappa shape index (κ2) is 12.1. The van der Waals surface area contributed by atoms with Crippen molar-refractivity contribution in [2.75, 3.05) is 5.75 Å². The molecule has 0 aromatic heterocycles. The molecular weight excluding hydrogens is 534 g/mol. The van der Waals surface area contributed by atoms with Gasteiger partial charge in [0.2, 0.25) is 10.0 Å². The highest BCUT2D eigenvalue weighted by molar-refractivity contribution is 9.10. The van der Waals surface area contributed by atoms with Crippen LogP contribution in [0.25, 0.3) is 0 Å². The molecule has 2 aromatic carbocycles. The van der Waals surface area contributed by atoms with Crippen molar-refractivity contribution in [3.05, 3.63) is 64.1 Å². The monoisotopic (exact) mass is 567 g/mol. The summed E-state index contributed by atoms with van der Waals surface area (Å²) in [7, 11) is -3.92. The molecule has 0 aliphatic carbocycles. The van der Waals surface area contributed by atoms with E-state index in [1.165, 1.54) is 4.31 Å². The largest absolute Gasteiger partial charge is 0.481 e. The third-order valence-corrected chi connectivity index (χ3v) is 10.5. The van der Waals surface area contributed by atoms with Crippen LogP contribution in [0.3, 0.4) is 0 Å². The fourth-order valence-electron chi connectivity index (χ4n) is 4.75. The van der Waals surface area contributed by atoms with E-state index in [2.05, 4.69) is 22.9 Å². The van der Waals surface area contributed by atoms with E-state index >= 15 is 0 Å². The first kappa shape index (κ1) is 27.2. The number of halogens is 1. The summed E-state index contributed by atoms with van der Waals surface area (Å²) in [4.78, 5) is 12.9. The number of sulfonamides is 1. The van der Waals surface area contributed by atoms with Gasteiger partial charge in [-0.3, -0.25) is 4.79 Å². The number of hydrogen-bond acceptors (Lipinski definition) is 4. The van der Waals surface area contributed by atoms with Crippen LogP contribution in [0.1, 0.15) is 63.1 Å². The third-order valence-electron chi connectivity index (χ3n) is 6.49. The molecule has 0 amide bonds. The maximum absolute atomic E-state index is 14.0. The van der Waals surface area contributed by atoms with Gasteiger partial charge in [-0.25, -0.2) is 8.42 Å². The lowest BCUT2D eigenvalue weighted by Gasteiger charge is -2.30. The van der Waals surface area contributed by atoms with E-state index in [0.29, 0.717) is 12.0 Å². The van der Waals surface area contributed by atoms with Gasteiger partial charge in [0.1, 0.15) is 0 Å². The first-order chi connectivity index (χ1) is 16.2. The quantitative estimate of drug-likeness (QED) is 0.307. The van der Waals surface area contributed by atoms with Crippen LogP contribution in [-0.2, 0) is 14.8 Å². The molecule has 1 aliphatic rings. The molecule has 1 aliphatic heterocycles. The van der Waals surface area contributed by atoms with Crippen molar-refractivity contribution in [1.82, 2.24) is 4.31 Å². The summed E-state index contributed by atoms with van der Waals surface area (Å²) in [6, 6.07) is 13.0. The molecule has 1 heterocycles. The summed E-state index contributed by atoms with van der Waals surface area (Å²) in [5.74, 6) is -0.947. The Kier molecular flexibility index (Phi) is 9.66. The van der Waals surface area contributed by atoms with Gasteiger partial charge in [0.25, 0.3) is 0 Å². The number of carboxylic acids is 1. The van der Waals surface area contributed by atoms with Crippen molar-refractivity contribution in [2.24, 2.45) is 5.92 Å². The molecule has 1 N–H and O–H groups in total. The van der Waals surface area contributed by atoms with Gasteiger partial charge in [-0.05, 0) is 55.3 Å². The van der Waals surface area contributed by atoms with Crippen molar-refractivity contribution in [3.8, 4) is 0 Å². The molecule has 1 fully saturated rings. The Morgan fingerprint density at radius 3 is 2.24 bits per heavy atom. The number of aliphatic carboxylic acids is 1. The SMILES string of the molecule is CCCCCCS[C@H]1[C@@H](C(=O)O)[C@H](c2ccc(Br)cc2)N(S(=O)(=O)c2ccc(C)cc2)[C@@H]1CC. The van der Waals surface area contributed by atoms with Gasteiger partial charge < -0.3 is 5.11 Å². The highest BCUT2D eigenvalue weighted by Gasteiger charge is 2.56. The van der Waals surface area contributed by atoms with Crippen LogP contribution in [0.2, 0.25) is 0 Å². The van der Waals surface area contributed by atoms with Gasteiger partial charge in [-0.15, -0.1) is 0 Å². The molecule has 0 radical (unpaired) electrons. The molecule has 8 heteroatoms. The number of benzene rings is 2. The van der Waals surface area contributed by atoms with Crippen LogP contribution in [0.5, 0.6) is 0 Å². The zero-order valence-corrected chi connectivity index (χ0v) is 23.2. The third kappa shape index (κ3) is 5.89. The van der Waals surface area contributed by atoms with E-state index in [-0.39, 0.29) is 10.1 Å². The second-order valence-corrected chi connectivity index (χ2v) is 12.9. The average molecular weight is 569 g/mol. The van der Waals surface area contributed by atoms with Crippen molar-refractivity contribution in [3.63, 3.8) is 0 Å². The fraction of sp³-hybridized carbons (Fsp3) is 0.500. The minimum atomic E-state index is -3.92. The molecule has 34 heavy (non-hydrogen) atoms. The van der Waals surface area contributed by atoms with Crippen molar-refractivity contribution in [2.45, 2.75) is 75.1 Å². The number of carbonyl (C=O) groups is 1. The Morgan fingerprint density at radius 2 is 1.68 bits per heavy atom. The van der Waals surface area contributed by atoms with Crippen molar-refractivity contribution in [1.29, 1.82) is 0 Å². The van der Waals surface area contributed by atoms with Gasteiger partial charge in [0, 0.05) is 15.8 Å². The molecule has 3 rings (SSSR count). The molecule has 1 saturated heterocycles. The van der Waals surface area contributed by atoms with Crippen molar-refractivity contribution < 1.29 is 18.3 Å². The Hall–Kier alpha value is -1.35. The van der Waals surface area contributed by atoms with Crippen LogP contribution in [-0.4, -0.2) is 40.8 Å². The van der Waals surface area contributed by atoms with Crippen LogP contribution in [0.4, 0.5) is 0 Å². The van der Waals surface area contributed by atoms with Gasteiger partial charge in [-0.1, -0.05) is 78.9 Å². The van der Waals surface area contributed by atoms with Crippen LogP contribution < -0.4 is 0 Å². The fourth-order valence-corrected chi connectivity index (χ4v) is 8.67. The molecule has 5 nitrogen and oxygen atoms in total. The van der Waals surface area contributed by atoms with Gasteiger partial charge in [0.15, 0.2) is 0 Å². The van der Waals surface area contributed by atoms with E-state index in [1.807, 2.05) is 38.1 Å². The highest BCUT2D eigenvalue weighted by atomic mass is 79.9. The smallest absolute Gasteiger partial charge is 0.309 e. The summed E-state index contributed by atoms with van der Waals surface area (Å²) < 4.78 is 30.4.